The van der Waals surface area contributed by atoms with Gasteiger partial charge in [-0.2, -0.15) is 0 Å². The van der Waals surface area contributed by atoms with E-state index in [-0.39, 0.29) is 6.71 Å². The highest BCUT2D eigenvalue weighted by Crippen LogP contribution is 2.66. The van der Waals surface area contributed by atoms with Gasteiger partial charge >= 0.3 is 0 Å². The lowest BCUT2D eigenvalue weighted by Gasteiger charge is -2.55. The number of fused-ring (bicyclic) bond motifs is 24. The van der Waals surface area contributed by atoms with Gasteiger partial charge in [0.2, 0.25) is 0 Å². The Labute approximate surface area is 468 Å². The second-order valence-electron chi connectivity index (χ2n) is 23.1. The van der Waals surface area contributed by atoms with Crippen LogP contribution in [0, 0.1) is 0 Å². The van der Waals surface area contributed by atoms with Crippen molar-refractivity contribution in [2.24, 2.45) is 0 Å². The third kappa shape index (κ3) is 4.85. The molecule has 370 valence electrons. The molecule has 13 aromatic carbocycles. The number of para-hydroxylation sites is 4. The monoisotopic (exact) mass is 1020 g/mol. The Morgan fingerprint density at radius 2 is 0.753 bits per heavy atom. The zero-order chi connectivity index (χ0) is 52.4. The standard InChI is InChI=1S/C77H44BN3/c1-2-20-47(21-3-1)71-53-29-5-4-26-48(53)54-44-67-70-75(72(54)79-71)81-66-43-13-11-35-58(66)77(56-33-9-7-28-50(56)52-31-15-23-46-25-17-37-60(77)69(46)52)62-39-19-41-64(74(62)81)78(70)63-40-18-38-61-73(63)80(67)65-42-12-10-34-57(65)76(61)55-32-8-6-27-49(55)51-30-14-22-45-24-16-36-59(76)68(45)51/h1-44H. The Morgan fingerprint density at radius 3 is 1.36 bits per heavy atom. The van der Waals surface area contributed by atoms with Crippen LogP contribution in [0.5, 0.6) is 0 Å². The highest BCUT2D eigenvalue weighted by molar-refractivity contribution is 7.00. The molecule has 4 heteroatoms. The topological polar surface area (TPSA) is 19.4 Å². The van der Waals surface area contributed by atoms with Crippen LogP contribution in [0.15, 0.2) is 267 Å². The highest BCUT2D eigenvalue weighted by Gasteiger charge is 2.58. The number of nitrogens with zero attached hydrogens (tertiary/aromatic N) is 3. The average molecular weight is 1020 g/mol. The molecule has 14 aromatic rings. The van der Waals surface area contributed by atoms with E-state index in [1.807, 2.05) is 0 Å². The summed E-state index contributed by atoms with van der Waals surface area (Å²) < 4.78 is 0. The zero-order valence-corrected chi connectivity index (χ0v) is 43.8. The van der Waals surface area contributed by atoms with Gasteiger partial charge in [-0.25, -0.2) is 4.98 Å². The van der Waals surface area contributed by atoms with Gasteiger partial charge in [-0.1, -0.05) is 249 Å². The lowest BCUT2D eigenvalue weighted by atomic mass is 9.32. The van der Waals surface area contributed by atoms with E-state index >= 15 is 0 Å². The van der Waals surface area contributed by atoms with Crippen LogP contribution in [0.1, 0.15) is 44.5 Å². The third-order valence-corrected chi connectivity index (χ3v) is 19.8. The van der Waals surface area contributed by atoms with Crippen LogP contribution < -0.4 is 26.2 Å². The van der Waals surface area contributed by atoms with Crippen molar-refractivity contribution < 1.29 is 0 Å². The van der Waals surface area contributed by atoms with Gasteiger partial charge < -0.3 is 9.80 Å². The lowest BCUT2D eigenvalue weighted by molar-refractivity contribution is 0.735. The summed E-state index contributed by atoms with van der Waals surface area (Å²) in [6.45, 7) is -0.168. The maximum absolute atomic E-state index is 6.08. The van der Waals surface area contributed by atoms with E-state index in [9.17, 15) is 0 Å². The fourth-order valence-corrected chi connectivity index (χ4v) is 17.0. The zero-order valence-electron chi connectivity index (χ0n) is 43.8. The summed E-state index contributed by atoms with van der Waals surface area (Å²) in [5.74, 6) is 0. The summed E-state index contributed by atoms with van der Waals surface area (Å²) in [5, 5.41) is 8.64. The van der Waals surface area contributed by atoms with E-state index in [0.29, 0.717) is 0 Å². The Morgan fingerprint density at radius 1 is 0.309 bits per heavy atom. The molecule has 0 fully saturated rings. The average Bonchev–Trinajstić information content (AvgIpc) is 1.22. The molecule has 5 heterocycles. The Bertz CT molecular complexity index is 5210. The predicted octanol–water partition coefficient (Wildman–Crippen LogP) is 16.8. The Kier molecular flexibility index (Phi) is 7.85. The van der Waals surface area contributed by atoms with Gasteiger partial charge in [-0.15, -0.1) is 0 Å². The predicted molar refractivity (Wildman–Crippen MR) is 335 cm³/mol. The number of pyridine rings is 1. The van der Waals surface area contributed by atoms with Gasteiger partial charge in [-0.05, 0) is 128 Å². The first kappa shape index (κ1) is 42.7. The van der Waals surface area contributed by atoms with Gasteiger partial charge in [0.1, 0.15) is 0 Å². The molecule has 0 amide bonds. The molecule has 0 radical (unpaired) electrons. The minimum atomic E-state index is -0.666. The van der Waals surface area contributed by atoms with Gasteiger partial charge in [0.05, 0.1) is 39.1 Å². The molecule has 2 aliphatic carbocycles. The molecular formula is C77H44BN3. The number of hydrogen-bond donors (Lipinski definition) is 0. The summed E-state index contributed by atoms with van der Waals surface area (Å²) in [7, 11) is 0. The molecule has 2 atom stereocenters. The van der Waals surface area contributed by atoms with E-state index in [1.54, 1.807) is 0 Å². The summed E-state index contributed by atoms with van der Waals surface area (Å²) in [5.41, 5.74) is 28.5. The van der Waals surface area contributed by atoms with Crippen LogP contribution in [0.25, 0.3) is 76.7 Å². The van der Waals surface area contributed by atoms with Crippen molar-refractivity contribution in [1.29, 1.82) is 0 Å². The molecule has 4 aliphatic heterocycles. The minimum Gasteiger partial charge on any atom is -0.311 e. The molecule has 0 bridgehead atoms. The number of benzene rings is 13. The molecule has 2 spiro atoms. The quantitative estimate of drug-likeness (QED) is 0.121. The highest BCUT2D eigenvalue weighted by atomic mass is 15.2. The van der Waals surface area contributed by atoms with Gasteiger partial charge in [0.15, 0.2) is 0 Å². The van der Waals surface area contributed by atoms with Crippen LogP contribution in [0.2, 0.25) is 0 Å². The molecule has 20 rings (SSSR count). The Hall–Kier alpha value is -10.3. The van der Waals surface area contributed by atoms with Crippen molar-refractivity contribution in [2.45, 2.75) is 10.8 Å². The van der Waals surface area contributed by atoms with Crippen LogP contribution >= 0.6 is 0 Å². The van der Waals surface area contributed by atoms with Gasteiger partial charge in [0.25, 0.3) is 6.71 Å². The fraction of sp³-hybridized carbons (Fsp3) is 0.0260. The number of hydrogen-bond acceptors (Lipinski definition) is 3. The molecule has 0 N–H and O–H groups in total. The molecule has 0 saturated heterocycles. The fourth-order valence-electron chi connectivity index (χ4n) is 17.0. The molecule has 81 heavy (non-hydrogen) atoms. The normalized spacial score (nSPS) is 17.4. The Balaban J connectivity index is 0.992. The smallest absolute Gasteiger partial charge is 0.252 e. The van der Waals surface area contributed by atoms with Crippen molar-refractivity contribution in [2.75, 3.05) is 9.80 Å². The van der Waals surface area contributed by atoms with Crippen LogP contribution in [-0.4, -0.2) is 11.7 Å². The van der Waals surface area contributed by atoms with E-state index in [1.165, 1.54) is 139 Å². The summed E-state index contributed by atoms with van der Waals surface area (Å²) in [6, 6.07) is 102. The van der Waals surface area contributed by atoms with Crippen molar-refractivity contribution in [3.8, 4) is 33.5 Å². The van der Waals surface area contributed by atoms with Crippen molar-refractivity contribution in [3.05, 3.63) is 311 Å². The third-order valence-electron chi connectivity index (χ3n) is 19.8. The summed E-state index contributed by atoms with van der Waals surface area (Å²) in [4.78, 5) is 11.4. The minimum absolute atomic E-state index is 0.168. The summed E-state index contributed by atoms with van der Waals surface area (Å²) in [6.07, 6.45) is 0. The van der Waals surface area contributed by atoms with Crippen molar-refractivity contribution in [3.63, 3.8) is 0 Å². The van der Waals surface area contributed by atoms with Gasteiger partial charge in [0, 0.05) is 33.4 Å². The number of aromatic nitrogens is 1. The van der Waals surface area contributed by atoms with Crippen LogP contribution in [-0.2, 0) is 10.8 Å². The molecule has 1 aromatic heterocycles. The molecular weight excluding hydrogens is 978 g/mol. The maximum Gasteiger partial charge on any atom is 0.252 e. The number of rotatable bonds is 1. The van der Waals surface area contributed by atoms with E-state index < -0.39 is 10.8 Å². The number of anilines is 6. The first-order chi connectivity index (χ1) is 40.2. The first-order valence-corrected chi connectivity index (χ1v) is 28.5. The summed E-state index contributed by atoms with van der Waals surface area (Å²) >= 11 is 0. The van der Waals surface area contributed by atoms with E-state index in [0.717, 1.165) is 33.2 Å². The maximum atomic E-state index is 6.08. The van der Waals surface area contributed by atoms with Gasteiger partial charge in [-0.3, -0.25) is 0 Å². The molecule has 2 unspecified atom stereocenters. The molecule has 3 nitrogen and oxygen atoms in total. The van der Waals surface area contributed by atoms with Crippen molar-refractivity contribution >= 4 is 100 Å². The molecule has 0 saturated carbocycles. The van der Waals surface area contributed by atoms with E-state index in [4.69, 9.17) is 4.98 Å². The largest absolute Gasteiger partial charge is 0.311 e. The SMILES string of the molecule is c1ccc(-c2nc3c4c5c(cc3c3ccccc23)N2c3ccccc3C3(c6ccccc6-c6cccc7cccc3c67)c3cccc(c32)B5c2cccc3c2N4c2ccccc2C32c3ccccc3-c3cccc4cccc2c34)cc1. The van der Waals surface area contributed by atoms with Crippen LogP contribution in [0.3, 0.4) is 0 Å². The molecule has 6 aliphatic rings. The first-order valence-electron chi connectivity index (χ1n) is 28.5. The second-order valence-corrected chi connectivity index (χ2v) is 23.1. The second kappa shape index (κ2) is 14.9. The van der Waals surface area contributed by atoms with Crippen LogP contribution in [0.4, 0.5) is 34.1 Å². The lowest BCUT2D eigenvalue weighted by Crippen LogP contribution is -2.63. The van der Waals surface area contributed by atoms with E-state index in [2.05, 4.69) is 277 Å². The van der Waals surface area contributed by atoms with Crippen molar-refractivity contribution in [1.82, 2.24) is 4.98 Å².